The summed E-state index contributed by atoms with van der Waals surface area (Å²) in [4.78, 5) is 16.8. The molecule has 3 N–H and O–H groups in total. The Morgan fingerprint density at radius 1 is 0.895 bits per heavy atom. The van der Waals surface area contributed by atoms with Gasteiger partial charge in [0.2, 0.25) is 0 Å². The Morgan fingerprint density at radius 2 is 1.32 bits per heavy atom. The Kier molecular flexibility index (Phi) is 18.2. The second kappa shape index (κ2) is 15.5. The molecule has 0 fully saturated rings. The number of hydroxylamine groups is 1. The van der Waals surface area contributed by atoms with Crippen LogP contribution in [0.25, 0.3) is 0 Å². The van der Waals surface area contributed by atoms with E-state index in [1.165, 1.54) is 51.4 Å². The summed E-state index contributed by atoms with van der Waals surface area (Å²) in [7, 11) is -4.36. The second-order valence-corrected chi connectivity index (χ2v) is 5.82. The Bertz CT molecular complexity index is 226. The van der Waals surface area contributed by atoms with Gasteiger partial charge in [0.05, 0.1) is 0 Å². The van der Waals surface area contributed by atoms with E-state index in [2.05, 4.69) is 17.0 Å². The number of rotatable bonds is 13. The van der Waals surface area contributed by atoms with Crippen molar-refractivity contribution in [2.45, 2.75) is 71.1 Å². The maximum absolute atomic E-state index is 10.3. The summed E-state index contributed by atoms with van der Waals surface area (Å²) in [5, 5.41) is 0. The van der Waals surface area contributed by atoms with Crippen LogP contribution in [-0.2, 0) is 9.19 Å². The second-order valence-electron chi connectivity index (χ2n) is 4.66. The quantitative estimate of drug-likeness (QED) is 0.211. The molecule has 0 aromatic carbocycles. The average molecular weight is 305 g/mol. The summed E-state index contributed by atoms with van der Waals surface area (Å²) in [5.74, 6) is 0. The summed E-state index contributed by atoms with van der Waals surface area (Å²) >= 11 is 0. The first-order valence-corrected chi connectivity index (χ1v) is 8.56. The van der Waals surface area contributed by atoms with Crippen molar-refractivity contribution in [3.63, 3.8) is 0 Å². The molecule has 0 atom stereocenters. The number of nitrogens with one attached hydrogen (secondary N) is 1. The van der Waals surface area contributed by atoms with Gasteiger partial charge in [-0.1, -0.05) is 64.7 Å². The molecule has 0 bridgehead atoms. The molecular weight excluding hydrogens is 276 g/mol. The predicted molar refractivity (Wildman–Crippen MR) is 80.1 cm³/mol. The van der Waals surface area contributed by atoms with Gasteiger partial charge in [-0.25, -0.2) is 4.57 Å². The molecule has 7 heteroatoms. The number of hydrogen-bond acceptors (Lipinski definition) is 3. The van der Waals surface area contributed by atoms with Gasteiger partial charge in [-0.3, -0.25) is 0 Å². The SMILES string of the molecule is CCCCCCCCCCCCNOP(=O)(O)O.[NaH]. The molecule has 0 rings (SSSR count). The number of unbranched alkanes of at least 4 members (excludes halogenated alkanes) is 9. The van der Waals surface area contributed by atoms with Gasteiger partial charge >= 0.3 is 37.4 Å². The normalized spacial score (nSPS) is 11.3. The van der Waals surface area contributed by atoms with E-state index in [4.69, 9.17) is 9.79 Å². The van der Waals surface area contributed by atoms with Crippen LogP contribution in [0, 0.1) is 0 Å². The third-order valence-corrected chi connectivity index (χ3v) is 3.18. The van der Waals surface area contributed by atoms with Gasteiger partial charge in [0.1, 0.15) is 0 Å². The van der Waals surface area contributed by atoms with E-state index < -0.39 is 7.82 Å². The van der Waals surface area contributed by atoms with Crippen molar-refractivity contribution in [2.75, 3.05) is 6.54 Å². The van der Waals surface area contributed by atoms with E-state index in [1.54, 1.807) is 0 Å². The van der Waals surface area contributed by atoms with Crippen LogP contribution in [0.1, 0.15) is 71.1 Å². The van der Waals surface area contributed by atoms with Crippen LogP contribution in [0.5, 0.6) is 0 Å². The predicted octanol–water partition coefficient (Wildman–Crippen LogP) is 2.87. The standard InChI is InChI=1S/C12H28NO4P.Na.H/c1-2-3-4-5-6-7-8-9-10-11-12-13-17-18(14,15)16;;/h13H,2-12H2,1H3,(H2,14,15,16);;. The van der Waals surface area contributed by atoms with Gasteiger partial charge in [0.25, 0.3) is 0 Å². The van der Waals surface area contributed by atoms with Crippen LogP contribution >= 0.6 is 7.82 Å². The van der Waals surface area contributed by atoms with Crippen LogP contribution in [-0.4, -0.2) is 45.9 Å². The van der Waals surface area contributed by atoms with E-state index in [-0.39, 0.29) is 29.6 Å². The van der Waals surface area contributed by atoms with Crippen LogP contribution in [0.15, 0.2) is 0 Å². The topological polar surface area (TPSA) is 78.8 Å². The van der Waals surface area contributed by atoms with Crippen LogP contribution in [0.2, 0.25) is 0 Å². The van der Waals surface area contributed by atoms with Crippen molar-refractivity contribution >= 4 is 37.4 Å². The minimum atomic E-state index is -4.36. The summed E-state index contributed by atoms with van der Waals surface area (Å²) in [6.45, 7) is 2.71. The monoisotopic (exact) mass is 305 g/mol. The van der Waals surface area contributed by atoms with Crippen LogP contribution < -0.4 is 5.48 Å². The summed E-state index contributed by atoms with van der Waals surface area (Å²) in [6.07, 6.45) is 12.4. The molecule has 5 nitrogen and oxygen atoms in total. The fraction of sp³-hybridized carbons (Fsp3) is 1.00. The average Bonchev–Trinajstić information content (AvgIpc) is 2.29. The van der Waals surface area contributed by atoms with Gasteiger partial charge in [0, 0.05) is 6.54 Å². The molecule has 0 heterocycles. The van der Waals surface area contributed by atoms with Crippen LogP contribution in [0.4, 0.5) is 0 Å². The minimum absolute atomic E-state index is 0. The molecule has 0 amide bonds. The van der Waals surface area contributed by atoms with E-state index >= 15 is 0 Å². The maximum atomic E-state index is 10.3. The van der Waals surface area contributed by atoms with Gasteiger partial charge in [-0.05, 0) is 6.42 Å². The van der Waals surface area contributed by atoms with Crippen LogP contribution in [0.3, 0.4) is 0 Å². The molecule has 0 aliphatic carbocycles. The molecule has 0 spiro atoms. The number of phosphoric acid groups is 1. The fourth-order valence-corrected chi connectivity index (χ4v) is 2.07. The Balaban J connectivity index is 0. The molecule has 0 radical (unpaired) electrons. The third kappa shape index (κ3) is 21.5. The van der Waals surface area contributed by atoms with Gasteiger partial charge in [-0.15, -0.1) is 0 Å². The molecule has 19 heavy (non-hydrogen) atoms. The number of hydrogen-bond donors (Lipinski definition) is 3. The van der Waals surface area contributed by atoms with E-state index in [9.17, 15) is 4.57 Å². The molecular formula is C12H29NNaO4P. The Hall–Kier alpha value is 1.07. The van der Waals surface area contributed by atoms with Crippen molar-refractivity contribution in [3.05, 3.63) is 0 Å². The van der Waals surface area contributed by atoms with E-state index in [0.717, 1.165) is 12.8 Å². The van der Waals surface area contributed by atoms with Crippen molar-refractivity contribution < 1.29 is 19.0 Å². The van der Waals surface area contributed by atoms with E-state index in [1.807, 2.05) is 0 Å². The van der Waals surface area contributed by atoms with Crippen molar-refractivity contribution in [3.8, 4) is 0 Å². The zero-order chi connectivity index (χ0) is 13.7. The van der Waals surface area contributed by atoms with Gasteiger partial charge in [-0.2, -0.15) is 10.1 Å². The summed E-state index contributed by atoms with van der Waals surface area (Å²) in [6, 6.07) is 0. The zero-order valence-corrected chi connectivity index (χ0v) is 12.3. The van der Waals surface area contributed by atoms with Crippen molar-refractivity contribution in [1.82, 2.24) is 5.48 Å². The molecule has 0 aromatic heterocycles. The third-order valence-electron chi connectivity index (χ3n) is 2.82. The van der Waals surface area contributed by atoms with Gasteiger partial charge < -0.3 is 9.79 Å². The first kappa shape index (κ1) is 22.4. The molecule has 112 valence electrons. The van der Waals surface area contributed by atoms with E-state index in [0.29, 0.717) is 6.54 Å². The van der Waals surface area contributed by atoms with Crippen molar-refractivity contribution in [2.24, 2.45) is 0 Å². The fourth-order valence-electron chi connectivity index (χ4n) is 1.81. The summed E-state index contributed by atoms with van der Waals surface area (Å²) < 4.78 is 14.5. The molecule has 0 saturated carbocycles. The molecule has 0 unspecified atom stereocenters. The zero-order valence-electron chi connectivity index (χ0n) is 11.4. The first-order chi connectivity index (χ1) is 8.56. The molecule has 0 aliphatic rings. The Labute approximate surface area is 139 Å². The first-order valence-electron chi connectivity index (χ1n) is 7.03. The summed E-state index contributed by atoms with van der Waals surface area (Å²) in [5.41, 5.74) is 2.29. The molecule has 0 aromatic rings. The molecule has 0 aliphatic heterocycles. The molecule has 0 saturated heterocycles. The van der Waals surface area contributed by atoms with Crippen molar-refractivity contribution in [1.29, 1.82) is 0 Å². The Morgan fingerprint density at radius 3 is 1.74 bits per heavy atom. The van der Waals surface area contributed by atoms with Gasteiger partial charge in [0.15, 0.2) is 0 Å².